The highest BCUT2D eigenvalue weighted by Crippen LogP contribution is 2.10. The maximum Gasteiger partial charge on any atom is 0.194 e. The van der Waals surface area contributed by atoms with E-state index in [0.717, 1.165) is 17.3 Å². The predicted molar refractivity (Wildman–Crippen MR) is 46.0 cm³/mol. The van der Waals surface area contributed by atoms with Gasteiger partial charge in [0.05, 0.1) is 11.8 Å². The normalized spacial score (nSPS) is 13.3. The molecule has 0 aliphatic rings. The van der Waals surface area contributed by atoms with Gasteiger partial charge in [0.15, 0.2) is 5.89 Å². The van der Waals surface area contributed by atoms with E-state index in [1.54, 1.807) is 6.92 Å². The average molecular weight is 169 g/mol. The van der Waals surface area contributed by atoms with Gasteiger partial charge in [-0.05, 0) is 27.2 Å². The van der Waals surface area contributed by atoms with Crippen molar-refractivity contribution in [1.82, 2.24) is 4.98 Å². The second-order valence-electron chi connectivity index (χ2n) is 3.14. The summed E-state index contributed by atoms with van der Waals surface area (Å²) in [5, 5.41) is 9.02. The summed E-state index contributed by atoms with van der Waals surface area (Å²) in [5.41, 5.74) is 0.940. The number of aliphatic hydroxyl groups excluding tert-OH is 1. The first-order valence-electron chi connectivity index (χ1n) is 4.20. The lowest BCUT2D eigenvalue weighted by molar-refractivity contribution is 0.181. The van der Waals surface area contributed by atoms with Crippen molar-refractivity contribution in [3.63, 3.8) is 0 Å². The molecule has 0 aliphatic carbocycles. The van der Waals surface area contributed by atoms with E-state index in [0.29, 0.717) is 12.8 Å². The number of hydrogen-bond donors (Lipinski definition) is 1. The number of nitrogens with zero attached hydrogens (tertiary/aromatic N) is 1. The predicted octanol–water partition coefficient (Wildman–Crippen LogP) is 1.60. The summed E-state index contributed by atoms with van der Waals surface area (Å²) in [4.78, 5) is 4.20. The van der Waals surface area contributed by atoms with Crippen LogP contribution < -0.4 is 0 Å². The minimum Gasteiger partial charge on any atom is -0.446 e. The van der Waals surface area contributed by atoms with E-state index in [4.69, 9.17) is 9.52 Å². The minimum absolute atomic E-state index is 0.280. The van der Waals surface area contributed by atoms with Gasteiger partial charge in [-0.15, -0.1) is 0 Å². The van der Waals surface area contributed by atoms with Crippen LogP contribution in [0, 0.1) is 13.8 Å². The molecule has 0 amide bonds. The van der Waals surface area contributed by atoms with Crippen LogP contribution >= 0.6 is 0 Å². The van der Waals surface area contributed by atoms with Gasteiger partial charge in [0, 0.05) is 6.42 Å². The molecule has 0 fully saturated rings. The molecule has 3 heteroatoms. The first-order valence-corrected chi connectivity index (χ1v) is 4.20. The summed E-state index contributed by atoms with van der Waals surface area (Å²) >= 11 is 0. The van der Waals surface area contributed by atoms with E-state index in [1.807, 2.05) is 13.8 Å². The smallest absolute Gasteiger partial charge is 0.194 e. The minimum atomic E-state index is -0.280. The van der Waals surface area contributed by atoms with Crippen LogP contribution in [-0.2, 0) is 6.42 Å². The molecule has 1 aromatic rings. The number of hydrogen-bond acceptors (Lipinski definition) is 3. The van der Waals surface area contributed by atoms with Crippen LogP contribution in [0.3, 0.4) is 0 Å². The third kappa shape index (κ3) is 2.34. The Hall–Kier alpha value is -0.830. The molecule has 68 valence electrons. The van der Waals surface area contributed by atoms with Gasteiger partial charge in [-0.2, -0.15) is 0 Å². The SMILES string of the molecule is Cc1nc(CC[C@@H](C)O)oc1C. The van der Waals surface area contributed by atoms with Crippen molar-refractivity contribution >= 4 is 0 Å². The molecule has 0 saturated heterocycles. The van der Waals surface area contributed by atoms with Crippen LogP contribution in [0.1, 0.15) is 30.7 Å². The van der Waals surface area contributed by atoms with Crippen molar-refractivity contribution in [3.05, 3.63) is 17.3 Å². The van der Waals surface area contributed by atoms with Gasteiger partial charge in [-0.25, -0.2) is 4.98 Å². The fourth-order valence-corrected chi connectivity index (χ4v) is 0.978. The van der Waals surface area contributed by atoms with Crippen LogP contribution in [-0.4, -0.2) is 16.2 Å². The monoisotopic (exact) mass is 169 g/mol. The molecule has 1 N–H and O–H groups in total. The van der Waals surface area contributed by atoms with Gasteiger partial charge < -0.3 is 9.52 Å². The molecule has 0 bridgehead atoms. The van der Waals surface area contributed by atoms with Crippen LogP contribution in [0.25, 0.3) is 0 Å². The number of aryl methyl sites for hydroxylation is 3. The average Bonchev–Trinajstić information content (AvgIpc) is 2.28. The Labute approximate surface area is 72.4 Å². The molecule has 12 heavy (non-hydrogen) atoms. The molecule has 1 atom stereocenters. The fraction of sp³-hybridized carbons (Fsp3) is 0.667. The van der Waals surface area contributed by atoms with Crippen LogP contribution in [0.2, 0.25) is 0 Å². The van der Waals surface area contributed by atoms with E-state index in [-0.39, 0.29) is 6.10 Å². The molecular formula is C9H15NO2. The van der Waals surface area contributed by atoms with Gasteiger partial charge >= 0.3 is 0 Å². The zero-order valence-corrected chi connectivity index (χ0v) is 7.79. The Balaban J connectivity index is 2.53. The Morgan fingerprint density at radius 1 is 1.50 bits per heavy atom. The lowest BCUT2D eigenvalue weighted by atomic mass is 10.2. The summed E-state index contributed by atoms with van der Waals surface area (Å²) < 4.78 is 5.34. The largest absolute Gasteiger partial charge is 0.446 e. The quantitative estimate of drug-likeness (QED) is 0.747. The molecule has 1 aromatic heterocycles. The molecule has 0 spiro atoms. The zero-order valence-electron chi connectivity index (χ0n) is 7.79. The molecule has 3 nitrogen and oxygen atoms in total. The van der Waals surface area contributed by atoms with Gasteiger partial charge in [-0.1, -0.05) is 0 Å². The van der Waals surface area contributed by atoms with Crippen molar-refractivity contribution in [3.8, 4) is 0 Å². The van der Waals surface area contributed by atoms with Crippen molar-refractivity contribution in [2.45, 2.75) is 39.7 Å². The maximum atomic E-state index is 9.02. The van der Waals surface area contributed by atoms with Gasteiger partial charge in [0.25, 0.3) is 0 Å². The Kier molecular flexibility index (Phi) is 2.87. The zero-order chi connectivity index (χ0) is 9.14. The van der Waals surface area contributed by atoms with Crippen molar-refractivity contribution in [2.24, 2.45) is 0 Å². The Morgan fingerprint density at radius 2 is 2.17 bits per heavy atom. The first kappa shape index (κ1) is 9.26. The van der Waals surface area contributed by atoms with Crippen LogP contribution in [0.4, 0.5) is 0 Å². The van der Waals surface area contributed by atoms with Crippen molar-refractivity contribution in [1.29, 1.82) is 0 Å². The standard InChI is InChI=1S/C9H15NO2/c1-6(11)4-5-9-10-7(2)8(3)12-9/h6,11H,4-5H2,1-3H3/t6-/m1/s1. The molecule has 0 aromatic carbocycles. The van der Waals surface area contributed by atoms with E-state index >= 15 is 0 Å². The lowest BCUT2D eigenvalue weighted by Gasteiger charge is -1.98. The molecule has 0 aliphatic heterocycles. The van der Waals surface area contributed by atoms with Crippen LogP contribution in [0.5, 0.6) is 0 Å². The van der Waals surface area contributed by atoms with Crippen molar-refractivity contribution in [2.75, 3.05) is 0 Å². The third-order valence-electron chi connectivity index (χ3n) is 1.85. The Bertz CT molecular complexity index is 234. The van der Waals surface area contributed by atoms with Gasteiger partial charge in [-0.3, -0.25) is 0 Å². The molecule has 0 radical (unpaired) electrons. The van der Waals surface area contributed by atoms with E-state index < -0.39 is 0 Å². The molecule has 1 heterocycles. The molecular weight excluding hydrogens is 154 g/mol. The molecule has 0 unspecified atom stereocenters. The number of rotatable bonds is 3. The summed E-state index contributed by atoms with van der Waals surface area (Å²) in [6, 6.07) is 0. The van der Waals surface area contributed by atoms with E-state index in [9.17, 15) is 0 Å². The number of oxazole rings is 1. The van der Waals surface area contributed by atoms with Crippen molar-refractivity contribution < 1.29 is 9.52 Å². The first-order chi connectivity index (χ1) is 5.59. The maximum absolute atomic E-state index is 9.02. The second-order valence-corrected chi connectivity index (χ2v) is 3.14. The number of aliphatic hydroxyl groups is 1. The topological polar surface area (TPSA) is 46.3 Å². The molecule has 0 saturated carbocycles. The van der Waals surface area contributed by atoms with Gasteiger partial charge in [0.1, 0.15) is 5.76 Å². The van der Waals surface area contributed by atoms with Crippen LogP contribution in [0.15, 0.2) is 4.42 Å². The number of aromatic nitrogens is 1. The molecule has 1 rings (SSSR count). The highest BCUT2D eigenvalue weighted by molar-refractivity contribution is 5.05. The summed E-state index contributed by atoms with van der Waals surface area (Å²) in [5.74, 6) is 1.60. The van der Waals surface area contributed by atoms with E-state index in [1.165, 1.54) is 0 Å². The lowest BCUT2D eigenvalue weighted by Crippen LogP contribution is -2.01. The Morgan fingerprint density at radius 3 is 2.58 bits per heavy atom. The summed E-state index contributed by atoms with van der Waals surface area (Å²) in [6.45, 7) is 5.58. The van der Waals surface area contributed by atoms with Gasteiger partial charge in [0.2, 0.25) is 0 Å². The third-order valence-corrected chi connectivity index (χ3v) is 1.85. The highest BCUT2D eigenvalue weighted by Gasteiger charge is 2.06. The van der Waals surface area contributed by atoms with E-state index in [2.05, 4.69) is 4.98 Å². The fourth-order valence-electron chi connectivity index (χ4n) is 0.978. The summed E-state index contributed by atoms with van der Waals surface area (Å²) in [6.07, 6.45) is 1.14. The summed E-state index contributed by atoms with van der Waals surface area (Å²) in [7, 11) is 0. The highest BCUT2D eigenvalue weighted by atomic mass is 16.4. The second kappa shape index (κ2) is 3.72.